The number of carbonyl (C=O) groups is 2. The monoisotopic (exact) mass is 326 g/mol. The van der Waals surface area contributed by atoms with Crippen molar-refractivity contribution in [2.24, 2.45) is 5.92 Å². The number of rotatable bonds is 6. The summed E-state index contributed by atoms with van der Waals surface area (Å²) in [5.74, 6) is -0.174. The SMILES string of the molecule is CC(C)[C@H]([NH2+]CC(=O)NNC(=O)c1ccccc1)c1ccccc1. The fraction of sp³-hybridized carbons (Fsp3) is 0.263. The number of hydrogen-bond acceptors (Lipinski definition) is 2. The molecule has 1 atom stereocenters. The van der Waals surface area contributed by atoms with Gasteiger partial charge >= 0.3 is 0 Å². The number of hydrogen-bond donors (Lipinski definition) is 3. The highest BCUT2D eigenvalue weighted by Crippen LogP contribution is 2.16. The Kier molecular flexibility index (Phi) is 6.51. The summed E-state index contributed by atoms with van der Waals surface area (Å²) in [5, 5.41) is 1.99. The summed E-state index contributed by atoms with van der Waals surface area (Å²) in [4.78, 5) is 23.9. The van der Waals surface area contributed by atoms with Gasteiger partial charge in [-0.15, -0.1) is 0 Å². The van der Waals surface area contributed by atoms with Crippen molar-refractivity contribution in [1.82, 2.24) is 10.9 Å². The van der Waals surface area contributed by atoms with E-state index in [2.05, 4.69) is 36.8 Å². The van der Waals surface area contributed by atoms with Crippen LogP contribution >= 0.6 is 0 Å². The van der Waals surface area contributed by atoms with Crippen LogP contribution in [0.25, 0.3) is 0 Å². The molecule has 0 aromatic heterocycles. The van der Waals surface area contributed by atoms with Gasteiger partial charge in [0.2, 0.25) is 0 Å². The van der Waals surface area contributed by atoms with Gasteiger partial charge in [0.25, 0.3) is 11.8 Å². The Labute approximate surface area is 142 Å². The molecular weight excluding hydrogens is 302 g/mol. The molecule has 0 heterocycles. The Morgan fingerprint density at radius 2 is 1.50 bits per heavy atom. The maximum absolute atomic E-state index is 12.0. The van der Waals surface area contributed by atoms with Gasteiger partial charge in [0, 0.05) is 17.0 Å². The molecule has 0 unspecified atom stereocenters. The third-order valence-corrected chi connectivity index (χ3v) is 3.81. The second-order valence-corrected chi connectivity index (χ2v) is 5.99. The molecule has 126 valence electrons. The van der Waals surface area contributed by atoms with Crippen LogP contribution in [0.5, 0.6) is 0 Å². The molecule has 0 saturated carbocycles. The van der Waals surface area contributed by atoms with Gasteiger partial charge in [-0.1, -0.05) is 62.4 Å². The summed E-state index contributed by atoms with van der Waals surface area (Å²) in [6.45, 7) is 4.50. The quantitative estimate of drug-likeness (QED) is 0.702. The number of amides is 2. The van der Waals surface area contributed by atoms with Crippen LogP contribution in [-0.2, 0) is 4.79 Å². The van der Waals surface area contributed by atoms with Gasteiger partial charge in [-0.3, -0.25) is 20.4 Å². The number of quaternary nitrogens is 1. The lowest BCUT2D eigenvalue weighted by molar-refractivity contribution is -0.692. The first kappa shape index (κ1) is 17.7. The summed E-state index contributed by atoms with van der Waals surface area (Å²) in [7, 11) is 0. The smallest absolute Gasteiger partial charge is 0.293 e. The Hall–Kier alpha value is -2.66. The van der Waals surface area contributed by atoms with Crippen molar-refractivity contribution in [1.29, 1.82) is 0 Å². The summed E-state index contributed by atoms with van der Waals surface area (Å²) >= 11 is 0. The van der Waals surface area contributed by atoms with Crippen LogP contribution in [0.1, 0.15) is 35.8 Å². The normalized spacial score (nSPS) is 11.8. The maximum Gasteiger partial charge on any atom is 0.293 e. The Morgan fingerprint density at radius 1 is 0.917 bits per heavy atom. The van der Waals surface area contributed by atoms with Gasteiger partial charge in [-0.05, 0) is 12.1 Å². The van der Waals surface area contributed by atoms with Gasteiger partial charge in [-0.25, -0.2) is 0 Å². The molecule has 2 aromatic carbocycles. The number of hydrazine groups is 1. The van der Waals surface area contributed by atoms with Crippen LogP contribution in [0.15, 0.2) is 60.7 Å². The van der Waals surface area contributed by atoms with E-state index in [0.717, 1.165) is 0 Å². The number of nitrogens with one attached hydrogen (secondary N) is 2. The second-order valence-electron chi connectivity index (χ2n) is 5.99. The van der Waals surface area contributed by atoms with Crippen molar-refractivity contribution in [2.45, 2.75) is 19.9 Å². The van der Waals surface area contributed by atoms with Crippen LogP contribution < -0.4 is 16.2 Å². The summed E-state index contributed by atoms with van der Waals surface area (Å²) in [5.41, 5.74) is 6.58. The highest BCUT2D eigenvalue weighted by Gasteiger charge is 2.20. The highest BCUT2D eigenvalue weighted by molar-refractivity contribution is 5.95. The molecule has 2 amide bonds. The van der Waals surface area contributed by atoms with Crippen LogP contribution in [-0.4, -0.2) is 18.4 Å². The van der Waals surface area contributed by atoms with Crippen molar-refractivity contribution in [2.75, 3.05) is 6.54 Å². The number of nitrogens with two attached hydrogens (primary N) is 1. The predicted molar refractivity (Wildman–Crippen MR) is 92.9 cm³/mol. The van der Waals surface area contributed by atoms with E-state index >= 15 is 0 Å². The van der Waals surface area contributed by atoms with E-state index in [9.17, 15) is 9.59 Å². The fourth-order valence-electron chi connectivity index (χ4n) is 2.54. The van der Waals surface area contributed by atoms with Crippen molar-refractivity contribution in [3.63, 3.8) is 0 Å². The average Bonchev–Trinajstić information content (AvgIpc) is 2.61. The molecule has 0 bridgehead atoms. The molecule has 0 radical (unpaired) electrons. The molecule has 0 saturated heterocycles. The zero-order chi connectivity index (χ0) is 17.4. The lowest BCUT2D eigenvalue weighted by Crippen LogP contribution is -2.88. The number of benzene rings is 2. The minimum atomic E-state index is -0.326. The third kappa shape index (κ3) is 5.21. The highest BCUT2D eigenvalue weighted by atomic mass is 16.2. The zero-order valence-corrected chi connectivity index (χ0v) is 14.0. The van der Waals surface area contributed by atoms with Crippen LogP contribution in [0, 0.1) is 5.92 Å². The maximum atomic E-state index is 12.0. The molecule has 2 aromatic rings. The van der Waals surface area contributed by atoms with Crippen molar-refractivity contribution >= 4 is 11.8 Å². The van der Waals surface area contributed by atoms with E-state index in [1.807, 2.05) is 29.6 Å². The Morgan fingerprint density at radius 3 is 2.08 bits per heavy atom. The Balaban J connectivity index is 1.82. The third-order valence-electron chi connectivity index (χ3n) is 3.81. The molecule has 0 aliphatic heterocycles. The average molecular weight is 326 g/mol. The summed E-state index contributed by atoms with van der Waals surface area (Å²) in [6.07, 6.45) is 0. The summed E-state index contributed by atoms with van der Waals surface area (Å²) < 4.78 is 0. The van der Waals surface area contributed by atoms with Gasteiger partial charge < -0.3 is 5.32 Å². The molecular formula is C19H24N3O2+. The molecule has 5 heteroatoms. The Bertz CT molecular complexity index is 657. The largest absolute Gasteiger partial charge is 0.332 e. The lowest BCUT2D eigenvalue weighted by atomic mass is 9.96. The zero-order valence-electron chi connectivity index (χ0n) is 14.0. The van der Waals surface area contributed by atoms with Gasteiger partial charge in [0.15, 0.2) is 6.54 Å². The summed E-state index contributed by atoms with van der Waals surface area (Å²) in [6, 6.07) is 19.1. The minimum Gasteiger partial charge on any atom is -0.332 e. The van der Waals surface area contributed by atoms with E-state index in [1.165, 1.54) is 5.56 Å². The standard InChI is InChI=1S/C19H23N3O2/c1-14(2)18(15-9-5-3-6-10-15)20-13-17(23)21-22-19(24)16-11-7-4-8-12-16/h3-12,14,18,20H,13H2,1-2H3,(H,21,23)(H,22,24)/p+1/t18-/m0/s1. The van der Waals surface area contributed by atoms with Crippen LogP contribution in [0.4, 0.5) is 0 Å². The molecule has 0 spiro atoms. The van der Waals surface area contributed by atoms with Gasteiger partial charge in [-0.2, -0.15) is 0 Å². The van der Waals surface area contributed by atoms with E-state index in [4.69, 9.17) is 0 Å². The first-order valence-electron chi connectivity index (χ1n) is 8.10. The topological polar surface area (TPSA) is 74.8 Å². The lowest BCUT2D eigenvalue weighted by Gasteiger charge is -2.19. The van der Waals surface area contributed by atoms with E-state index in [-0.39, 0.29) is 24.4 Å². The predicted octanol–water partition coefficient (Wildman–Crippen LogP) is 1.41. The molecule has 4 N–H and O–H groups in total. The number of carbonyl (C=O) groups excluding carboxylic acids is 2. The molecule has 0 fully saturated rings. The van der Waals surface area contributed by atoms with Gasteiger partial charge in [0.05, 0.1) is 0 Å². The van der Waals surface area contributed by atoms with E-state index in [1.54, 1.807) is 24.3 Å². The first-order valence-corrected chi connectivity index (χ1v) is 8.10. The minimum absolute atomic E-state index is 0.196. The van der Waals surface area contributed by atoms with Crippen LogP contribution in [0.3, 0.4) is 0 Å². The fourth-order valence-corrected chi connectivity index (χ4v) is 2.54. The molecule has 0 aliphatic rings. The van der Waals surface area contributed by atoms with E-state index < -0.39 is 0 Å². The second kappa shape index (κ2) is 8.84. The molecule has 0 aliphatic carbocycles. The van der Waals surface area contributed by atoms with Crippen molar-refractivity contribution in [3.8, 4) is 0 Å². The molecule has 24 heavy (non-hydrogen) atoms. The van der Waals surface area contributed by atoms with E-state index in [0.29, 0.717) is 11.5 Å². The van der Waals surface area contributed by atoms with Gasteiger partial charge in [0.1, 0.15) is 6.04 Å². The first-order chi connectivity index (χ1) is 11.6. The van der Waals surface area contributed by atoms with Crippen LogP contribution in [0.2, 0.25) is 0 Å². The van der Waals surface area contributed by atoms with Crippen molar-refractivity contribution in [3.05, 3.63) is 71.8 Å². The van der Waals surface area contributed by atoms with Crippen molar-refractivity contribution < 1.29 is 14.9 Å². The molecule has 2 rings (SSSR count). The molecule has 5 nitrogen and oxygen atoms in total.